The zero-order valence-corrected chi connectivity index (χ0v) is 13.5. The van der Waals surface area contributed by atoms with E-state index in [0.717, 1.165) is 17.4 Å². The first kappa shape index (κ1) is 15.2. The second-order valence-electron chi connectivity index (χ2n) is 4.80. The van der Waals surface area contributed by atoms with Crippen molar-refractivity contribution in [2.45, 2.75) is 52.2 Å². The average Bonchev–Trinajstić information content (AvgIpc) is 2.63. The number of hydrogen-bond acceptors (Lipinski definition) is 3. The van der Waals surface area contributed by atoms with Crippen LogP contribution in [0.1, 0.15) is 45.0 Å². The van der Waals surface area contributed by atoms with Crippen LogP contribution >= 0.6 is 27.3 Å². The van der Waals surface area contributed by atoms with E-state index in [1.807, 2.05) is 0 Å². The first-order chi connectivity index (χ1) is 7.97. The van der Waals surface area contributed by atoms with Crippen LogP contribution in [0.3, 0.4) is 0 Å². The smallest absolute Gasteiger partial charge is 0.0593 e. The lowest BCUT2D eigenvalue weighted by Gasteiger charge is -2.36. The van der Waals surface area contributed by atoms with Crippen molar-refractivity contribution in [2.24, 2.45) is 5.73 Å². The van der Waals surface area contributed by atoms with Crippen molar-refractivity contribution in [3.05, 3.63) is 20.8 Å². The van der Waals surface area contributed by atoms with Crippen LogP contribution < -0.4 is 5.73 Å². The van der Waals surface area contributed by atoms with Crippen molar-refractivity contribution in [1.29, 1.82) is 0 Å². The monoisotopic (exact) mass is 318 g/mol. The van der Waals surface area contributed by atoms with Crippen LogP contribution in [0.4, 0.5) is 0 Å². The summed E-state index contributed by atoms with van der Waals surface area (Å²) in [5, 5.41) is 2.13. The predicted molar refractivity (Wildman–Crippen MR) is 80.5 cm³/mol. The normalized spacial score (nSPS) is 15.5. The Hall–Kier alpha value is 0.1000. The Labute approximate surface area is 117 Å². The van der Waals surface area contributed by atoms with Crippen molar-refractivity contribution in [3.63, 3.8) is 0 Å². The van der Waals surface area contributed by atoms with E-state index in [9.17, 15) is 0 Å². The molecule has 0 saturated heterocycles. The standard InChI is InChI=1S/C13H23BrN2S/c1-5-6-16(9(2)3)13(10(4)15)12-7-11(14)8-17-12/h7-10,13H,5-6,15H2,1-4H3. The summed E-state index contributed by atoms with van der Waals surface area (Å²) in [4.78, 5) is 3.86. The van der Waals surface area contributed by atoms with Crippen molar-refractivity contribution >= 4 is 27.3 Å². The van der Waals surface area contributed by atoms with E-state index < -0.39 is 0 Å². The van der Waals surface area contributed by atoms with E-state index in [0.29, 0.717) is 12.1 Å². The minimum absolute atomic E-state index is 0.148. The van der Waals surface area contributed by atoms with Crippen LogP contribution in [0.15, 0.2) is 15.9 Å². The quantitative estimate of drug-likeness (QED) is 0.858. The van der Waals surface area contributed by atoms with Gasteiger partial charge in [0.25, 0.3) is 0 Å². The van der Waals surface area contributed by atoms with Crippen LogP contribution in [-0.4, -0.2) is 23.5 Å². The Morgan fingerprint density at radius 3 is 2.41 bits per heavy atom. The van der Waals surface area contributed by atoms with Crippen LogP contribution in [-0.2, 0) is 0 Å². The molecule has 0 fully saturated rings. The van der Waals surface area contributed by atoms with Gasteiger partial charge in [-0.25, -0.2) is 0 Å². The fourth-order valence-corrected chi connectivity index (χ4v) is 3.86. The van der Waals surface area contributed by atoms with Gasteiger partial charge in [-0.2, -0.15) is 0 Å². The fourth-order valence-electron chi connectivity index (χ4n) is 2.18. The Bertz CT molecular complexity index is 336. The third kappa shape index (κ3) is 4.05. The van der Waals surface area contributed by atoms with Crippen molar-refractivity contribution < 1.29 is 0 Å². The molecule has 0 aliphatic heterocycles. The molecule has 1 rings (SSSR count). The zero-order chi connectivity index (χ0) is 13.0. The first-order valence-electron chi connectivity index (χ1n) is 6.22. The Kier molecular flexibility index (Phi) is 6.13. The molecule has 0 radical (unpaired) electrons. The summed E-state index contributed by atoms with van der Waals surface area (Å²) in [6, 6.07) is 3.19. The van der Waals surface area contributed by atoms with Crippen LogP contribution in [0, 0.1) is 0 Å². The summed E-state index contributed by atoms with van der Waals surface area (Å²) in [6.07, 6.45) is 1.16. The van der Waals surface area contributed by atoms with Gasteiger partial charge in [0.15, 0.2) is 0 Å². The van der Waals surface area contributed by atoms with Crippen molar-refractivity contribution in [3.8, 4) is 0 Å². The van der Waals surface area contributed by atoms with Crippen LogP contribution in [0.25, 0.3) is 0 Å². The average molecular weight is 319 g/mol. The van der Waals surface area contributed by atoms with Gasteiger partial charge in [0.05, 0.1) is 6.04 Å². The maximum absolute atomic E-state index is 6.20. The third-order valence-electron chi connectivity index (χ3n) is 2.88. The highest BCUT2D eigenvalue weighted by Gasteiger charge is 2.26. The molecule has 0 bridgehead atoms. The van der Waals surface area contributed by atoms with Gasteiger partial charge in [-0.1, -0.05) is 6.92 Å². The third-order valence-corrected chi connectivity index (χ3v) is 4.64. The first-order valence-corrected chi connectivity index (χ1v) is 7.89. The van der Waals surface area contributed by atoms with Crippen molar-refractivity contribution in [2.75, 3.05) is 6.54 Å². The number of hydrogen-bond donors (Lipinski definition) is 1. The van der Waals surface area contributed by atoms with Gasteiger partial charge in [-0.15, -0.1) is 11.3 Å². The lowest BCUT2D eigenvalue weighted by atomic mass is 10.0. The van der Waals surface area contributed by atoms with Gasteiger partial charge in [0, 0.05) is 26.8 Å². The molecule has 1 aromatic heterocycles. The molecule has 17 heavy (non-hydrogen) atoms. The van der Waals surface area contributed by atoms with E-state index in [1.165, 1.54) is 4.88 Å². The molecule has 0 aromatic carbocycles. The number of halogens is 1. The van der Waals surface area contributed by atoms with Gasteiger partial charge in [0.1, 0.15) is 0 Å². The van der Waals surface area contributed by atoms with Gasteiger partial charge >= 0.3 is 0 Å². The summed E-state index contributed by atoms with van der Waals surface area (Å²) in [7, 11) is 0. The molecular weight excluding hydrogens is 296 g/mol. The summed E-state index contributed by atoms with van der Waals surface area (Å²) < 4.78 is 1.16. The maximum Gasteiger partial charge on any atom is 0.0593 e. The Balaban J connectivity index is 2.98. The van der Waals surface area contributed by atoms with E-state index in [-0.39, 0.29) is 6.04 Å². The highest BCUT2D eigenvalue weighted by Crippen LogP contribution is 2.32. The highest BCUT2D eigenvalue weighted by molar-refractivity contribution is 9.10. The second kappa shape index (κ2) is 6.88. The van der Waals surface area contributed by atoms with Gasteiger partial charge < -0.3 is 5.73 Å². The second-order valence-corrected chi connectivity index (χ2v) is 6.66. The number of nitrogens with two attached hydrogens (primary N) is 1. The maximum atomic E-state index is 6.20. The molecular formula is C13H23BrN2S. The van der Waals surface area contributed by atoms with E-state index in [1.54, 1.807) is 11.3 Å². The lowest BCUT2D eigenvalue weighted by Crippen LogP contribution is -2.43. The number of thiophene rings is 1. The SMILES string of the molecule is CCCN(C(C)C)C(c1cc(Br)cs1)C(C)N. The molecule has 0 aliphatic rings. The molecule has 0 amide bonds. The molecule has 2 unspecified atom stereocenters. The van der Waals surface area contributed by atoms with Crippen LogP contribution in [0.5, 0.6) is 0 Å². The van der Waals surface area contributed by atoms with E-state index in [4.69, 9.17) is 5.73 Å². The van der Waals surface area contributed by atoms with Crippen LogP contribution in [0.2, 0.25) is 0 Å². The predicted octanol–water partition coefficient (Wildman–Crippen LogP) is 4.02. The zero-order valence-electron chi connectivity index (χ0n) is 11.1. The minimum Gasteiger partial charge on any atom is -0.326 e. The van der Waals surface area contributed by atoms with E-state index in [2.05, 4.69) is 60.0 Å². The van der Waals surface area contributed by atoms with Gasteiger partial charge in [-0.05, 0) is 55.7 Å². The summed E-state index contributed by atoms with van der Waals surface area (Å²) >= 11 is 5.31. The Morgan fingerprint density at radius 1 is 1.41 bits per heavy atom. The molecule has 98 valence electrons. The minimum atomic E-state index is 0.148. The van der Waals surface area contributed by atoms with Gasteiger partial charge in [-0.3, -0.25) is 4.90 Å². The molecule has 1 heterocycles. The highest BCUT2D eigenvalue weighted by atomic mass is 79.9. The number of nitrogens with zero attached hydrogens (tertiary/aromatic N) is 1. The number of rotatable bonds is 6. The molecule has 2 N–H and O–H groups in total. The van der Waals surface area contributed by atoms with E-state index >= 15 is 0 Å². The summed E-state index contributed by atoms with van der Waals surface area (Å²) in [5.74, 6) is 0. The fraction of sp³-hybridized carbons (Fsp3) is 0.692. The molecule has 0 spiro atoms. The lowest BCUT2D eigenvalue weighted by molar-refractivity contribution is 0.138. The summed E-state index contributed by atoms with van der Waals surface area (Å²) in [6.45, 7) is 9.90. The molecule has 2 nitrogen and oxygen atoms in total. The topological polar surface area (TPSA) is 29.3 Å². The molecule has 4 heteroatoms. The molecule has 0 saturated carbocycles. The molecule has 0 aliphatic carbocycles. The molecule has 1 aromatic rings. The molecule has 2 atom stereocenters. The van der Waals surface area contributed by atoms with Crippen molar-refractivity contribution in [1.82, 2.24) is 4.90 Å². The summed E-state index contributed by atoms with van der Waals surface area (Å²) in [5.41, 5.74) is 6.20. The largest absolute Gasteiger partial charge is 0.326 e. The Morgan fingerprint density at radius 2 is 2.06 bits per heavy atom. The van der Waals surface area contributed by atoms with Gasteiger partial charge in [0.2, 0.25) is 0 Å².